The number of carbonyl (C=O) groups excluding carboxylic acids is 1. The number of anilines is 1. The van der Waals surface area contributed by atoms with Crippen LogP contribution in [0.15, 0.2) is 30.5 Å². The highest BCUT2D eigenvalue weighted by Crippen LogP contribution is 2.36. The van der Waals surface area contributed by atoms with Crippen LogP contribution in [0.4, 0.5) is 23.7 Å². The van der Waals surface area contributed by atoms with Gasteiger partial charge in [-0.3, -0.25) is 0 Å². The first-order valence-corrected chi connectivity index (χ1v) is 8.82. The molecule has 0 saturated heterocycles. The number of rotatable bonds is 7. The second kappa shape index (κ2) is 9.09. The molecule has 0 aliphatic heterocycles. The van der Waals surface area contributed by atoms with Gasteiger partial charge in [0.2, 0.25) is 0 Å². The van der Waals surface area contributed by atoms with Crippen molar-refractivity contribution < 1.29 is 18.0 Å². The number of aromatic nitrogens is 2. The van der Waals surface area contributed by atoms with Crippen molar-refractivity contribution in [2.24, 2.45) is 0 Å². The first-order chi connectivity index (χ1) is 12.8. The Kier molecular flexibility index (Phi) is 7.09. The lowest BCUT2D eigenvalue weighted by Crippen LogP contribution is -2.37. The minimum atomic E-state index is -4.71. The summed E-state index contributed by atoms with van der Waals surface area (Å²) in [5.41, 5.74) is -1.30. The van der Waals surface area contributed by atoms with Gasteiger partial charge in [0, 0.05) is 18.1 Å². The number of nitrogens with zero attached hydrogens (tertiary/aromatic N) is 3. The van der Waals surface area contributed by atoms with Gasteiger partial charge in [0.1, 0.15) is 0 Å². The number of urea groups is 1. The highest BCUT2D eigenvalue weighted by atomic mass is 35.5. The molecule has 0 radical (unpaired) electrons. The van der Waals surface area contributed by atoms with Gasteiger partial charge < -0.3 is 15.5 Å². The van der Waals surface area contributed by atoms with E-state index in [1.807, 2.05) is 13.8 Å². The lowest BCUT2D eigenvalue weighted by Gasteiger charge is -2.18. The Hall–Kier alpha value is -2.26. The Morgan fingerprint density at radius 1 is 1.22 bits per heavy atom. The molecule has 0 unspecified atom stereocenters. The third-order valence-corrected chi connectivity index (χ3v) is 4.22. The summed E-state index contributed by atoms with van der Waals surface area (Å²) in [6.07, 6.45) is -3.73. The lowest BCUT2D eigenvalue weighted by atomic mass is 10.3. The fourth-order valence-corrected chi connectivity index (χ4v) is 2.65. The molecule has 0 fully saturated rings. The number of alkyl halides is 3. The largest absolute Gasteiger partial charge is 0.435 e. The predicted molar refractivity (Wildman–Crippen MR) is 98.4 cm³/mol. The van der Waals surface area contributed by atoms with Crippen LogP contribution in [0.5, 0.6) is 0 Å². The molecule has 6 nitrogen and oxygen atoms in total. The Morgan fingerprint density at radius 3 is 2.41 bits per heavy atom. The summed E-state index contributed by atoms with van der Waals surface area (Å²) >= 11 is 5.77. The maximum atomic E-state index is 13.5. The Morgan fingerprint density at radius 2 is 1.85 bits per heavy atom. The number of likely N-dealkylation sites (N-methyl/N-ethyl adjacent to an activating group) is 1. The molecule has 0 atom stereocenters. The molecule has 0 aliphatic rings. The fourth-order valence-electron chi connectivity index (χ4n) is 2.52. The normalized spacial score (nSPS) is 11.7. The summed E-state index contributed by atoms with van der Waals surface area (Å²) in [5, 5.41) is 8.95. The summed E-state index contributed by atoms with van der Waals surface area (Å²) in [4.78, 5) is 14.1. The minimum absolute atomic E-state index is 0.182. The molecule has 0 spiro atoms. The van der Waals surface area contributed by atoms with E-state index in [-0.39, 0.29) is 5.69 Å². The van der Waals surface area contributed by atoms with Gasteiger partial charge in [-0.15, -0.1) is 0 Å². The highest BCUT2D eigenvalue weighted by molar-refractivity contribution is 6.30. The van der Waals surface area contributed by atoms with Crippen molar-refractivity contribution in [1.29, 1.82) is 0 Å². The maximum absolute atomic E-state index is 13.5. The summed E-state index contributed by atoms with van der Waals surface area (Å²) in [5.74, 6) is 0. The summed E-state index contributed by atoms with van der Waals surface area (Å²) in [6, 6.07) is 5.04. The summed E-state index contributed by atoms with van der Waals surface area (Å²) < 4.78 is 41.3. The molecule has 2 rings (SSSR count). The monoisotopic (exact) mass is 403 g/mol. The van der Waals surface area contributed by atoms with Crippen molar-refractivity contribution in [3.63, 3.8) is 0 Å². The van der Waals surface area contributed by atoms with Crippen LogP contribution in [-0.4, -0.2) is 46.9 Å². The molecule has 1 aromatic heterocycles. The quantitative estimate of drug-likeness (QED) is 0.734. The molecular formula is C17H21ClF3N5O. The van der Waals surface area contributed by atoms with Crippen LogP contribution in [0.1, 0.15) is 19.5 Å². The number of halogens is 4. The van der Waals surface area contributed by atoms with E-state index in [0.717, 1.165) is 24.0 Å². The van der Waals surface area contributed by atoms with Crippen LogP contribution in [-0.2, 0) is 6.18 Å². The van der Waals surface area contributed by atoms with E-state index < -0.39 is 23.6 Å². The third kappa shape index (κ3) is 5.61. The smallest absolute Gasteiger partial charge is 0.337 e. The van der Waals surface area contributed by atoms with Crippen molar-refractivity contribution in [2.45, 2.75) is 20.0 Å². The number of amides is 2. The van der Waals surface area contributed by atoms with Crippen LogP contribution >= 0.6 is 11.6 Å². The average Bonchev–Trinajstić information content (AvgIpc) is 3.03. The number of hydrogen-bond donors (Lipinski definition) is 2. The molecule has 2 N–H and O–H groups in total. The first-order valence-electron chi connectivity index (χ1n) is 8.44. The average molecular weight is 404 g/mol. The second-order valence-corrected chi connectivity index (χ2v) is 6.14. The first kappa shape index (κ1) is 21.0. The maximum Gasteiger partial charge on any atom is 0.435 e. The molecule has 1 heterocycles. The standard InChI is InChI=1S/C17H21ClF3N5O/c1-3-25(4-2)10-9-22-16(27)24-14-11-23-26(15(14)17(19,20)21)13-7-5-12(18)6-8-13/h5-8,11H,3-4,9-10H2,1-2H3,(H2,22,24,27). The van der Waals surface area contributed by atoms with E-state index >= 15 is 0 Å². The fraction of sp³-hybridized carbons (Fsp3) is 0.412. The van der Waals surface area contributed by atoms with Crippen molar-refractivity contribution >= 4 is 23.3 Å². The van der Waals surface area contributed by atoms with Gasteiger partial charge in [-0.1, -0.05) is 25.4 Å². The second-order valence-electron chi connectivity index (χ2n) is 5.70. The van der Waals surface area contributed by atoms with E-state index in [1.165, 1.54) is 24.3 Å². The molecule has 0 aliphatic carbocycles. The predicted octanol–water partition coefficient (Wildman–Crippen LogP) is 4.01. The van der Waals surface area contributed by atoms with Crippen LogP contribution in [0.3, 0.4) is 0 Å². The van der Waals surface area contributed by atoms with Gasteiger partial charge >= 0.3 is 12.2 Å². The SMILES string of the molecule is CCN(CC)CCNC(=O)Nc1cnn(-c2ccc(Cl)cc2)c1C(F)(F)F. The number of hydrogen-bond acceptors (Lipinski definition) is 3. The third-order valence-electron chi connectivity index (χ3n) is 3.97. The molecule has 148 valence electrons. The zero-order valence-electron chi connectivity index (χ0n) is 15.0. The summed E-state index contributed by atoms with van der Waals surface area (Å²) in [6.45, 7) is 6.56. The van der Waals surface area contributed by atoms with E-state index in [2.05, 4.69) is 20.6 Å². The molecular weight excluding hydrogens is 383 g/mol. The topological polar surface area (TPSA) is 62.2 Å². The molecule has 2 aromatic rings. The molecule has 2 amide bonds. The van der Waals surface area contributed by atoms with Crippen molar-refractivity contribution in [3.05, 3.63) is 41.2 Å². The van der Waals surface area contributed by atoms with Crippen LogP contribution in [0.2, 0.25) is 5.02 Å². The van der Waals surface area contributed by atoms with Gasteiger partial charge in [-0.05, 0) is 37.4 Å². The Bertz CT molecular complexity index is 757. The molecule has 10 heteroatoms. The molecule has 0 bridgehead atoms. The Balaban J connectivity index is 2.15. The summed E-state index contributed by atoms with van der Waals surface area (Å²) in [7, 11) is 0. The van der Waals surface area contributed by atoms with Gasteiger partial charge in [-0.25, -0.2) is 9.48 Å². The van der Waals surface area contributed by atoms with Crippen molar-refractivity contribution in [1.82, 2.24) is 20.0 Å². The van der Waals surface area contributed by atoms with Crippen LogP contribution < -0.4 is 10.6 Å². The van der Waals surface area contributed by atoms with E-state index in [1.54, 1.807) is 0 Å². The van der Waals surface area contributed by atoms with E-state index in [9.17, 15) is 18.0 Å². The van der Waals surface area contributed by atoms with E-state index in [4.69, 9.17) is 11.6 Å². The lowest BCUT2D eigenvalue weighted by molar-refractivity contribution is -0.142. The number of benzene rings is 1. The van der Waals surface area contributed by atoms with Gasteiger partial charge in [0.05, 0.1) is 17.6 Å². The molecule has 0 saturated carbocycles. The minimum Gasteiger partial charge on any atom is -0.337 e. The zero-order valence-corrected chi connectivity index (χ0v) is 15.7. The molecule has 27 heavy (non-hydrogen) atoms. The number of carbonyl (C=O) groups is 1. The van der Waals surface area contributed by atoms with Crippen LogP contribution in [0.25, 0.3) is 5.69 Å². The highest BCUT2D eigenvalue weighted by Gasteiger charge is 2.39. The van der Waals surface area contributed by atoms with Gasteiger partial charge in [0.25, 0.3) is 0 Å². The Labute approximate surface area is 160 Å². The van der Waals surface area contributed by atoms with Crippen molar-refractivity contribution in [2.75, 3.05) is 31.5 Å². The number of nitrogens with one attached hydrogen (secondary N) is 2. The van der Waals surface area contributed by atoms with Crippen molar-refractivity contribution in [3.8, 4) is 5.69 Å². The van der Waals surface area contributed by atoms with E-state index in [0.29, 0.717) is 18.1 Å². The van der Waals surface area contributed by atoms with Gasteiger partial charge in [-0.2, -0.15) is 18.3 Å². The van der Waals surface area contributed by atoms with Crippen LogP contribution in [0, 0.1) is 0 Å². The molecule has 1 aromatic carbocycles. The van der Waals surface area contributed by atoms with Gasteiger partial charge in [0.15, 0.2) is 5.69 Å². The zero-order chi connectivity index (χ0) is 20.0.